The van der Waals surface area contributed by atoms with E-state index in [1.54, 1.807) is 0 Å². The van der Waals surface area contributed by atoms with Crippen LogP contribution >= 0.6 is 0 Å². The Morgan fingerprint density at radius 2 is 1.95 bits per heavy atom. The van der Waals surface area contributed by atoms with Crippen molar-refractivity contribution in [1.29, 1.82) is 0 Å². The molecule has 5 heteroatoms. The Kier molecular flexibility index (Phi) is 3.68. The van der Waals surface area contributed by atoms with Crippen molar-refractivity contribution >= 4 is 22.7 Å². The molecule has 0 unspecified atom stereocenters. The molecule has 0 saturated heterocycles. The fourth-order valence-electron chi connectivity index (χ4n) is 2.94. The average molecular weight is 285 g/mol. The van der Waals surface area contributed by atoms with Crippen LogP contribution in [0.1, 0.15) is 19.3 Å². The Bertz CT molecular complexity index is 634. The van der Waals surface area contributed by atoms with Crippen LogP contribution in [0, 0.1) is 0 Å². The highest BCUT2D eigenvalue weighted by atomic mass is 15.2. The van der Waals surface area contributed by atoms with Gasteiger partial charge in [-0.05, 0) is 45.5 Å². The summed E-state index contributed by atoms with van der Waals surface area (Å²) in [6, 6.07) is 8.13. The van der Waals surface area contributed by atoms with E-state index in [0.717, 1.165) is 23.3 Å². The van der Waals surface area contributed by atoms with Crippen LogP contribution in [0.2, 0.25) is 0 Å². The van der Waals surface area contributed by atoms with Crippen molar-refractivity contribution in [3.05, 3.63) is 24.3 Å². The number of anilines is 2. The van der Waals surface area contributed by atoms with Crippen LogP contribution in [0.25, 0.3) is 10.9 Å². The van der Waals surface area contributed by atoms with Gasteiger partial charge in [-0.2, -0.15) is 4.98 Å². The SMILES string of the molecule is CNc1nc(NCC2(N(C)C)CCC2)c2ccccc2n1. The average Bonchev–Trinajstić information content (AvgIpc) is 2.45. The molecule has 2 aromatic rings. The maximum absolute atomic E-state index is 4.59. The molecular weight excluding hydrogens is 262 g/mol. The summed E-state index contributed by atoms with van der Waals surface area (Å²) in [5.41, 5.74) is 1.23. The molecule has 0 radical (unpaired) electrons. The number of para-hydroxylation sites is 1. The molecule has 3 rings (SSSR count). The summed E-state index contributed by atoms with van der Waals surface area (Å²) in [5.74, 6) is 1.57. The Labute approximate surface area is 125 Å². The van der Waals surface area contributed by atoms with Gasteiger partial charge in [0.05, 0.1) is 5.52 Å². The maximum Gasteiger partial charge on any atom is 0.224 e. The number of aromatic nitrogens is 2. The zero-order valence-electron chi connectivity index (χ0n) is 13.0. The number of nitrogens with zero attached hydrogens (tertiary/aromatic N) is 3. The van der Waals surface area contributed by atoms with E-state index in [1.807, 2.05) is 25.2 Å². The largest absolute Gasteiger partial charge is 0.368 e. The highest BCUT2D eigenvalue weighted by Crippen LogP contribution is 2.36. The number of rotatable bonds is 5. The van der Waals surface area contributed by atoms with Crippen LogP contribution < -0.4 is 10.6 Å². The number of hydrogen-bond acceptors (Lipinski definition) is 5. The molecule has 0 bridgehead atoms. The van der Waals surface area contributed by atoms with E-state index in [4.69, 9.17) is 0 Å². The van der Waals surface area contributed by atoms with Gasteiger partial charge >= 0.3 is 0 Å². The third kappa shape index (κ3) is 2.53. The van der Waals surface area contributed by atoms with E-state index in [-0.39, 0.29) is 5.54 Å². The topological polar surface area (TPSA) is 53.1 Å². The second kappa shape index (κ2) is 5.48. The van der Waals surface area contributed by atoms with Crippen LogP contribution in [0.4, 0.5) is 11.8 Å². The lowest BCUT2D eigenvalue weighted by Crippen LogP contribution is -2.54. The molecular formula is C16H23N5. The first-order chi connectivity index (χ1) is 10.1. The van der Waals surface area contributed by atoms with Crippen LogP contribution in [0.5, 0.6) is 0 Å². The normalized spacial score (nSPS) is 16.8. The molecule has 1 aliphatic carbocycles. The Morgan fingerprint density at radius 1 is 1.19 bits per heavy atom. The molecule has 0 atom stereocenters. The number of nitrogens with one attached hydrogen (secondary N) is 2. The smallest absolute Gasteiger partial charge is 0.224 e. The molecule has 5 nitrogen and oxygen atoms in total. The van der Waals surface area contributed by atoms with Crippen molar-refractivity contribution in [1.82, 2.24) is 14.9 Å². The van der Waals surface area contributed by atoms with Crippen molar-refractivity contribution in [3.63, 3.8) is 0 Å². The van der Waals surface area contributed by atoms with E-state index in [2.05, 4.69) is 45.7 Å². The molecule has 1 aromatic heterocycles. The second-order valence-corrected chi connectivity index (χ2v) is 5.99. The van der Waals surface area contributed by atoms with Gasteiger partial charge in [0.15, 0.2) is 0 Å². The minimum Gasteiger partial charge on any atom is -0.368 e. The summed E-state index contributed by atoms with van der Waals surface area (Å²) in [5, 5.41) is 7.66. The van der Waals surface area contributed by atoms with Gasteiger partial charge in [0.2, 0.25) is 5.95 Å². The first-order valence-electron chi connectivity index (χ1n) is 7.50. The summed E-state index contributed by atoms with van der Waals surface area (Å²) < 4.78 is 0. The van der Waals surface area contributed by atoms with Crippen molar-refractivity contribution in [2.45, 2.75) is 24.8 Å². The standard InChI is InChI=1S/C16H23N5/c1-17-15-19-13-8-5-4-7-12(13)14(20-15)18-11-16(21(2)3)9-6-10-16/h4-5,7-8H,6,9-11H2,1-3H3,(H2,17,18,19,20). The van der Waals surface area contributed by atoms with Gasteiger partial charge in [-0.15, -0.1) is 0 Å². The molecule has 21 heavy (non-hydrogen) atoms. The third-order valence-electron chi connectivity index (χ3n) is 4.64. The molecule has 1 saturated carbocycles. The molecule has 0 amide bonds. The van der Waals surface area contributed by atoms with Gasteiger partial charge < -0.3 is 15.5 Å². The summed E-state index contributed by atoms with van der Waals surface area (Å²) in [4.78, 5) is 11.4. The van der Waals surface area contributed by atoms with Crippen molar-refractivity contribution in [3.8, 4) is 0 Å². The Morgan fingerprint density at radius 3 is 2.57 bits per heavy atom. The van der Waals surface area contributed by atoms with Gasteiger partial charge in [0.1, 0.15) is 5.82 Å². The molecule has 1 aromatic carbocycles. The van der Waals surface area contributed by atoms with E-state index >= 15 is 0 Å². The minimum absolute atomic E-state index is 0.270. The van der Waals surface area contributed by atoms with Crippen LogP contribution in [-0.4, -0.2) is 48.1 Å². The Hall–Kier alpha value is -1.88. The highest BCUT2D eigenvalue weighted by molar-refractivity contribution is 5.90. The maximum atomic E-state index is 4.59. The van der Waals surface area contributed by atoms with E-state index in [0.29, 0.717) is 5.95 Å². The predicted molar refractivity (Wildman–Crippen MR) is 87.8 cm³/mol. The lowest BCUT2D eigenvalue weighted by Gasteiger charge is -2.47. The lowest BCUT2D eigenvalue weighted by molar-refractivity contribution is 0.0738. The van der Waals surface area contributed by atoms with Crippen LogP contribution in [-0.2, 0) is 0 Å². The predicted octanol–water partition coefficient (Wildman–Crippen LogP) is 2.57. The van der Waals surface area contributed by atoms with Crippen LogP contribution in [0.3, 0.4) is 0 Å². The highest BCUT2D eigenvalue weighted by Gasteiger charge is 2.38. The molecule has 0 spiro atoms. The zero-order chi connectivity index (χ0) is 14.9. The molecule has 1 heterocycles. The summed E-state index contributed by atoms with van der Waals surface area (Å²) in [7, 11) is 6.18. The number of fused-ring (bicyclic) bond motifs is 1. The lowest BCUT2D eigenvalue weighted by atomic mass is 9.75. The van der Waals surface area contributed by atoms with Gasteiger partial charge in [-0.1, -0.05) is 12.1 Å². The summed E-state index contributed by atoms with van der Waals surface area (Å²) >= 11 is 0. The fourth-order valence-corrected chi connectivity index (χ4v) is 2.94. The van der Waals surface area contributed by atoms with E-state index in [9.17, 15) is 0 Å². The number of likely N-dealkylation sites (N-methyl/N-ethyl adjacent to an activating group) is 1. The molecule has 1 aliphatic rings. The quantitative estimate of drug-likeness (QED) is 0.884. The van der Waals surface area contributed by atoms with E-state index < -0.39 is 0 Å². The summed E-state index contributed by atoms with van der Waals surface area (Å²) in [6.07, 6.45) is 3.80. The van der Waals surface area contributed by atoms with Gasteiger partial charge in [0, 0.05) is 24.5 Å². The first kappa shape index (κ1) is 14.1. The van der Waals surface area contributed by atoms with Gasteiger partial charge in [-0.3, -0.25) is 0 Å². The van der Waals surface area contributed by atoms with Gasteiger partial charge in [-0.25, -0.2) is 4.98 Å². The van der Waals surface area contributed by atoms with E-state index in [1.165, 1.54) is 19.3 Å². The molecule has 112 valence electrons. The second-order valence-electron chi connectivity index (χ2n) is 5.99. The van der Waals surface area contributed by atoms with Crippen molar-refractivity contribution < 1.29 is 0 Å². The Balaban J connectivity index is 1.89. The molecule has 1 fully saturated rings. The number of hydrogen-bond donors (Lipinski definition) is 2. The van der Waals surface area contributed by atoms with Crippen molar-refractivity contribution in [2.75, 3.05) is 38.3 Å². The molecule has 2 N–H and O–H groups in total. The molecule has 0 aliphatic heterocycles. The van der Waals surface area contributed by atoms with Gasteiger partial charge in [0.25, 0.3) is 0 Å². The first-order valence-corrected chi connectivity index (χ1v) is 7.50. The third-order valence-corrected chi connectivity index (χ3v) is 4.64. The fraction of sp³-hybridized carbons (Fsp3) is 0.500. The summed E-state index contributed by atoms with van der Waals surface area (Å²) in [6.45, 7) is 0.921. The number of benzene rings is 1. The monoisotopic (exact) mass is 285 g/mol. The minimum atomic E-state index is 0.270. The zero-order valence-corrected chi connectivity index (χ0v) is 13.0. The van der Waals surface area contributed by atoms with Crippen molar-refractivity contribution in [2.24, 2.45) is 0 Å². The van der Waals surface area contributed by atoms with Crippen LogP contribution in [0.15, 0.2) is 24.3 Å².